The molecular formula is C14H28O. The maximum Gasteiger partial charge on any atom is 0.0683 e. The first-order valence-electron chi connectivity index (χ1n) is 6.49. The molecule has 0 aromatic rings. The highest BCUT2D eigenvalue weighted by Gasteiger charge is 2.52. The summed E-state index contributed by atoms with van der Waals surface area (Å²) in [5, 5.41) is 10.3. The Morgan fingerprint density at radius 2 is 2.00 bits per heavy atom. The SMILES string of the molecule is CCCC1CC1(O)CC(C)CC(C)(C)C. The lowest BCUT2D eigenvalue weighted by Crippen LogP contribution is -2.19. The Balaban J connectivity index is 2.30. The van der Waals surface area contributed by atoms with E-state index in [9.17, 15) is 5.11 Å². The average molecular weight is 212 g/mol. The van der Waals surface area contributed by atoms with E-state index in [1.807, 2.05) is 0 Å². The van der Waals surface area contributed by atoms with Gasteiger partial charge in [0, 0.05) is 0 Å². The van der Waals surface area contributed by atoms with E-state index in [-0.39, 0.29) is 5.60 Å². The molecule has 0 bridgehead atoms. The van der Waals surface area contributed by atoms with Crippen LogP contribution in [0.25, 0.3) is 0 Å². The molecule has 1 nitrogen and oxygen atoms in total. The minimum Gasteiger partial charge on any atom is -0.390 e. The van der Waals surface area contributed by atoms with E-state index in [0.717, 1.165) is 12.8 Å². The maximum atomic E-state index is 10.3. The van der Waals surface area contributed by atoms with Crippen LogP contribution in [0.3, 0.4) is 0 Å². The second-order valence-electron chi connectivity index (χ2n) is 6.87. The largest absolute Gasteiger partial charge is 0.390 e. The molecule has 15 heavy (non-hydrogen) atoms. The first-order chi connectivity index (χ1) is 6.77. The van der Waals surface area contributed by atoms with Gasteiger partial charge in [0.1, 0.15) is 0 Å². The van der Waals surface area contributed by atoms with Crippen molar-refractivity contribution in [1.29, 1.82) is 0 Å². The van der Waals surface area contributed by atoms with Crippen LogP contribution in [0.1, 0.15) is 66.7 Å². The number of aliphatic hydroxyl groups is 1. The monoisotopic (exact) mass is 212 g/mol. The minimum atomic E-state index is -0.291. The van der Waals surface area contributed by atoms with Gasteiger partial charge in [-0.05, 0) is 42.9 Å². The topological polar surface area (TPSA) is 20.2 Å². The molecule has 1 saturated carbocycles. The van der Waals surface area contributed by atoms with Gasteiger partial charge in [-0.15, -0.1) is 0 Å². The molecule has 0 aromatic heterocycles. The van der Waals surface area contributed by atoms with E-state index in [4.69, 9.17) is 0 Å². The Hall–Kier alpha value is -0.0400. The zero-order chi connectivity index (χ0) is 11.7. The summed E-state index contributed by atoms with van der Waals surface area (Å²) in [6.45, 7) is 11.3. The molecule has 0 amide bonds. The van der Waals surface area contributed by atoms with Gasteiger partial charge in [-0.25, -0.2) is 0 Å². The van der Waals surface area contributed by atoms with Crippen LogP contribution in [-0.2, 0) is 0 Å². The van der Waals surface area contributed by atoms with Gasteiger partial charge in [0.05, 0.1) is 5.60 Å². The smallest absolute Gasteiger partial charge is 0.0683 e. The number of rotatable bonds is 5. The van der Waals surface area contributed by atoms with Gasteiger partial charge in [-0.1, -0.05) is 41.0 Å². The third-order valence-corrected chi connectivity index (χ3v) is 3.50. The zero-order valence-corrected chi connectivity index (χ0v) is 11.1. The van der Waals surface area contributed by atoms with Crippen LogP contribution < -0.4 is 0 Å². The van der Waals surface area contributed by atoms with Gasteiger partial charge < -0.3 is 5.11 Å². The minimum absolute atomic E-state index is 0.291. The first-order valence-corrected chi connectivity index (χ1v) is 6.49. The van der Waals surface area contributed by atoms with Crippen molar-refractivity contribution in [3.05, 3.63) is 0 Å². The summed E-state index contributed by atoms with van der Waals surface area (Å²) in [5.74, 6) is 1.25. The molecule has 1 fully saturated rings. The van der Waals surface area contributed by atoms with Gasteiger partial charge in [0.25, 0.3) is 0 Å². The van der Waals surface area contributed by atoms with Crippen molar-refractivity contribution in [2.24, 2.45) is 17.3 Å². The molecule has 0 spiro atoms. The highest BCUT2D eigenvalue weighted by molar-refractivity contribution is 5.03. The van der Waals surface area contributed by atoms with Crippen molar-refractivity contribution in [3.63, 3.8) is 0 Å². The molecule has 1 aliphatic carbocycles. The fraction of sp³-hybridized carbons (Fsp3) is 1.00. The molecule has 0 heterocycles. The van der Waals surface area contributed by atoms with Crippen LogP contribution in [0, 0.1) is 17.3 Å². The van der Waals surface area contributed by atoms with E-state index in [1.165, 1.54) is 19.3 Å². The Morgan fingerprint density at radius 1 is 1.40 bits per heavy atom. The predicted octanol–water partition coefficient (Wildman–Crippen LogP) is 4.00. The Labute approximate surface area is 95.3 Å². The lowest BCUT2D eigenvalue weighted by molar-refractivity contribution is 0.0921. The normalized spacial score (nSPS) is 32.8. The third-order valence-electron chi connectivity index (χ3n) is 3.50. The molecule has 0 radical (unpaired) electrons. The van der Waals surface area contributed by atoms with Crippen molar-refractivity contribution < 1.29 is 5.11 Å². The molecule has 1 rings (SSSR count). The predicted molar refractivity (Wildman–Crippen MR) is 65.8 cm³/mol. The molecule has 1 N–H and O–H groups in total. The summed E-state index contributed by atoms with van der Waals surface area (Å²) in [6, 6.07) is 0. The van der Waals surface area contributed by atoms with E-state index in [0.29, 0.717) is 17.3 Å². The highest BCUT2D eigenvalue weighted by Crippen LogP contribution is 2.51. The summed E-state index contributed by atoms with van der Waals surface area (Å²) in [4.78, 5) is 0. The van der Waals surface area contributed by atoms with Crippen molar-refractivity contribution in [1.82, 2.24) is 0 Å². The van der Waals surface area contributed by atoms with Gasteiger partial charge in [-0.2, -0.15) is 0 Å². The van der Waals surface area contributed by atoms with E-state index >= 15 is 0 Å². The lowest BCUT2D eigenvalue weighted by atomic mass is 9.82. The Kier molecular flexibility index (Phi) is 3.86. The summed E-state index contributed by atoms with van der Waals surface area (Å²) in [6.07, 6.45) is 5.69. The van der Waals surface area contributed by atoms with Crippen molar-refractivity contribution >= 4 is 0 Å². The quantitative estimate of drug-likeness (QED) is 0.730. The van der Waals surface area contributed by atoms with Gasteiger partial charge in [0.2, 0.25) is 0 Å². The van der Waals surface area contributed by atoms with Crippen molar-refractivity contribution in [3.8, 4) is 0 Å². The van der Waals surface area contributed by atoms with Gasteiger partial charge in [0.15, 0.2) is 0 Å². The van der Waals surface area contributed by atoms with Crippen LogP contribution in [0.2, 0.25) is 0 Å². The lowest BCUT2D eigenvalue weighted by Gasteiger charge is -2.25. The third kappa shape index (κ3) is 4.14. The second kappa shape index (κ2) is 4.45. The van der Waals surface area contributed by atoms with Crippen molar-refractivity contribution in [2.75, 3.05) is 0 Å². The molecule has 90 valence electrons. The van der Waals surface area contributed by atoms with Gasteiger partial charge in [-0.3, -0.25) is 0 Å². The second-order valence-corrected chi connectivity index (χ2v) is 6.87. The molecule has 3 atom stereocenters. The fourth-order valence-corrected chi connectivity index (χ4v) is 3.06. The van der Waals surface area contributed by atoms with E-state index in [1.54, 1.807) is 0 Å². The van der Waals surface area contributed by atoms with Crippen LogP contribution in [0.5, 0.6) is 0 Å². The van der Waals surface area contributed by atoms with Crippen LogP contribution in [0.4, 0.5) is 0 Å². The summed E-state index contributed by atoms with van der Waals surface area (Å²) < 4.78 is 0. The number of hydrogen-bond donors (Lipinski definition) is 1. The van der Waals surface area contributed by atoms with E-state index < -0.39 is 0 Å². The molecule has 0 aromatic carbocycles. The van der Waals surface area contributed by atoms with Crippen LogP contribution in [-0.4, -0.2) is 10.7 Å². The standard InChI is InChI=1S/C14H28O/c1-6-7-12-10-14(12,15)9-11(2)8-13(3,4)5/h11-12,15H,6-10H2,1-5H3. The Bertz CT molecular complexity index is 204. The van der Waals surface area contributed by atoms with Crippen LogP contribution >= 0.6 is 0 Å². The van der Waals surface area contributed by atoms with E-state index in [2.05, 4.69) is 34.6 Å². The van der Waals surface area contributed by atoms with Gasteiger partial charge >= 0.3 is 0 Å². The maximum absolute atomic E-state index is 10.3. The molecule has 1 heteroatoms. The highest BCUT2D eigenvalue weighted by atomic mass is 16.3. The number of hydrogen-bond acceptors (Lipinski definition) is 1. The Morgan fingerprint density at radius 3 is 2.47 bits per heavy atom. The summed E-state index contributed by atoms with van der Waals surface area (Å²) in [7, 11) is 0. The molecular weight excluding hydrogens is 184 g/mol. The van der Waals surface area contributed by atoms with Crippen molar-refractivity contribution in [2.45, 2.75) is 72.3 Å². The molecule has 0 aliphatic heterocycles. The fourth-order valence-electron chi connectivity index (χ4n) is 3.06. The zero-order valence-electron chi connectivity index (χ0n) is 11.1. The molecule has 0 saturated heterocycles. The molecule has 1 aliphatic rings. The summed E-state index contributed by atoms with van der Waals surface area (Å²) >= 11 is 0. The average Bonchev–Trinajstić information content (AvgIpc) is 2.56. The van der Waals surface area contributed by atoms with Crippen LogP contribution in [0.15, 0.2) is 0 Å². The molecule has 3 unspecified atom stereocenters. The summed E-state index contributed by atoms with van der Waals surface area (Å²) in [5.41, 5.74) is 0.103. The first kappa shape index (κ1) is 13.0.